The lowest BCUT2D eigenvalue weighted by Gasteiger charge is -2.31. The Labute approximate surface area is 97.6 Å². The van der Waals surface area contributed by atoms with Crippen molar-refractivity contribution in [2.75, 3.05) is 26.7 Å². The van der Waals surface area contributed by atoms with E-state index in [2.05, 4.69) is 0 Å². The SMILES string of the molecule is CN1CCN(C(=O)c2ccoc2Cl)CC1=O. The highest BCUT2D eigenvalue weighted by Crippen LogP contribution is 2.19. The van der Waals surface area contributed by atoms with Crippen LogP contribution in [0.4, 0.5) is 0 Å². The first-order valence-corrected chi connectivity index (χ1v) is 5.23. The lowest BCUT2D eigenvalue weighted by atomic mass is 10.2. The molecule has 0 aliphatic carbocycles. The summed E-state index contributed by atoms with van der Waals surface area (Å²) in [6, 6.07) is 1.51. The maximum atomic E-state index is 11.9. The van der Waals surface area contributed by atoms with E-state index in [1.165, 1.54) is 17.2 Å². The summed E-state index contributed by atoms with van der Waals surface area (Å²) in [5.74, 6) is -0.334. The second-order valence-electron chi connectivity index (χ2n) is 3.65. The molecule has 0 atom stereocenters. The molecule has 0 radical (unpaired) electrons. The number of rotatable bonds is 1. The van der Waals surface area contributed by atoms with E-state index >= 15 is 0 Å². The van der Waals surface area contributed by atoms with Crippen molar-refractivity contribution in [1.82, 2.24) is 9.80 Å². The van der Waals surface area contributed by atoms with Crippen LogP contribution < -0.4 is 0 Å². The summed E-state index contributed by atoms with van der Waals surface area (Å²) in [5, 5.41) is 0.0661. The molecule has 2 rings (SSSR count). The van der Waals surface area contributed by atoms with Gasteiger partial charge in [-0.1, -0.05) is 0 Å². The standard InChI is InChI=1S/C10H11ClN2O3/c1-12-3-4-13(6-8(12)14)10(15)7-2-5-16-9(7)11/h2,5H,3-4,6H2,1H3. The van der Waals surface area contributed by atoms with Gasteiger partial charge in [0.15, 0.2) is 0 Å². The molecule has 1 aliphatic rings. The molecule has 0 N–H and O–H groups in total. The molecule has 1 fully saturated rings. The van der Waals surface area contributed by atoms with E-state index in [1.807, 2.05) is 0 Å². The van der Waals surface area contributed by atoms with Crippen LogP contribution in [0, 0.1) is 0 Å². The van der Waals surface area contributed by atoms with Crippen LogP contribution in [0.5, 0.6) is 0 Å². The predicted octanol–water partition coefficient (Wildman–Crippen LogP) is 0.847. The molecule has 0 bridgehead atoms. The Kier molecular flexibility index (Phi) is 2.87. The number of furan rings is 1. The minimum atomic E-state index is -0.264. The van der Waals surface area contributed by atoms with Crippen LogP contribution in [0.1, 0.15) is 10.4 Å². The van der Waals surface area contributed by atoms with Crippen molar-refractivity contribution in [3.63, 3.8) is 0 Å². The second kappa shape index (κ2) is 4.17. The van der Waals surface area contributed by atoms with Gasteiger partial charge in [0, 0.05) is 20.1 Å². The Morgan fingerprint density at radius 2 is 2.25 bits per heavy atom. The average Bonchev–Trinajstić information content (AvgIpc) is 2.67. The van der Waals surface area contributed by atoms with Gasteiger partial charge in [0.25, 0.3) is 5.91 Å². The first-order valence-electron chi connectivity index (χ1n) is 4.86. The van der Waals surface area contributed by atoms with Crippen molar-refractivity contribution in [3.8, 4) is 0 Å². The number of carbonyl (C=O) groups is 2. The van der Waals surface area contributed by atoms with Crippen LogP contribution in [-0.2, 0) is 4.79 Å². The number of halogens is 1. The quantitative estimate of drug-likeness (QED) is 0.734. The molecule has 2 amide bonds. The second-order valence-corrected chi connectivity index (χ2v) is 3.99. The molecule has 1 aliphatic heterocycles. The van der Waals surface area contributed by atoms with Gasteiger partial charge < -0.3 is 14.2 Å². The monoisotopic (exact) mass is 242 g/mol. The van der Waals surface area contributed by atoms with Crippen molar-refractivity contribution in [2.45, 2.75) is 0 Å². The Morgan fingerprint density at radius 1 is 1.50 bits per heavy atom. The summed E-state index contributed by atoms with van der Waals surface area (Å²) in [4.78, 5) is 26.5. The Hall–Kier alpha value is -1.49. The Morgan fingerprint density at radius 3 is 2.81 bits per heavy atom. The molecular weight excluding hydrogens is 232 g/mol. The summed E-state index contributed by atoms with van der Waals surface area (Å²) < 4.78 is 4.85. The van der Waals surface area contributed by atoms with E-state index < -0.39 is 0 Å². The van der Waals surface area contributed by atoms with Crippen LogP contribution in [0.2, 0.25) is 5.22 Å². The number of likely N-dealkylation sites (N-methyl/N-ethyl adjacent to an activating group) is 1. The highest BCUT2D eigenvalue weighted by molar-refractivity contribution is 6.32. The first kappa shape index (κ1) is 11.0. The van der Waals surface area contributed by atoms with Gasteiger partial charge in [-0.2, -0.15) is 0 Å². The molecule has 16 heavy (non-hydrogen) atoms. The zero-order chi connectivity index (χ0) is 11.7. The van der Waals surface area contributed by atoms with Gasteiger partial charge in [0.2, 0.25) is 11.1 Å². The summed E-state index contributed by atoms with van der Waals surface area (Å²) in [6.45, 7) is 1.15. The van der Waals surface area contributed by atoms with E-state index in [0.717, 1.165) is 0 Å². The van der Waals surface area contributed by atoms with E-state index in [9.17, 15) is 9.59 Å². The van der Waals surface area contributed by atoms with Crippen molar-refractivity contribution in [2.24, 2.45) is 0 Å². The summed E-state index contributed by atoms with van der Waals surface area (Å²) >= 11 is 5.71. The van der Waals surface area contributed by atoms with E-state index in [1.54, 1.807) is 11.9 Å². The van der Waals surface area contributed by atoms with Crippen LogP contribution in [-0.4, -0.2) is 48.3 Å². The maximum absolute atomic E-state index is 11.9. The van der Waals surface area contributed by atoms with Gasteiger partial charge >= 0.3 is 0 Å². The Balaban J connectivity index is 2.12. The number of hydrogen-bond acceptors (Lipinski definition) is 3. The molecule has 6 heteroatoms. The lowest BCUT2D eigenvalue weighted by Crippen LogP contribution is -2.50. The molecule has 1 aromatic rings. The smallest absolute Gasteiger partial charge is 0.259 e. The minimum Gasteiger partial charge on any atom is -0.452 e. The first-order chi connectivity index (χ1) is 7.59. The third kappa shape index (κ3) is 1.90. The zero-order valence-corrected chi connectivity index (χ0v) is 9.53. The molecule has 2 heterocycles. The molecule has 86 valence electrons. The molecular formula is C10H11ClN2O3. The van der Waals surface area contributed by atoms with Crippen LogP contribution in [0.15, 0.2) is 16.7 Å². The fraction of sp³-hybridized carbons (Fsp3) is 0.400. The van der Waals surface area contributed by atoms with Gasteiger partial charge in [-0.25, -0.2) is 0 Å². The number of nitrogens with zero attached hydrogens (tertiary/aromatic N) is 2. The van der Waals surface area contributed by atoms with E-state index in [4.69, 9.17) is 16.0 Å². The van der Waals surface area contributed by atoms with Crippen molar-refractivity contribution in [1.29, 1.82) is 0 Å². The molecule has 1 saturated heterocycles. The molecule has 0 saturated carbocycles. The Bertz CT molecular complexity index is 429. The number of amides is 2. The third-order valence-corrected chi connectivity index (χ3v) is 2.89. The van der Waals surface area contributed by atoms with Crippen LogP contribution >= 0.6 is 11.6 Å². The molecule has 0 aromatic carbocycles. The minimum absolute atomic E-state index is 0.0661. The predicted molar refractivity (Wildman–Crippen MR) is 57.3 cm³/mol. The van der Waals surface area contributed by atoms with Crippen molar-refractivity contribution < 1.29 is 14.0 Å². The van der Waals surface area contributed by atoms with Crippen LogP contribution in [0.25, 0.3) is 0 Å². The lowest BCUT2D eigenvalue weighted by molar-refractivity contribution is -0.133. The zero-order valence-electron chi connectivity index (χ0n) is 8.77. The van der Waals surface area contributed by atoms with Gasteiger partial charge in [0.05, 0.1) is 11.8 Å². The highest BCUT2D eigenvalue weighted by Gasteiger charge is 2.27. The third-order valence-electron chi connectivity index (χ3n) is 2.59. The van der Waals surface area contributed by atoms with E-state index in [-0.39, 0.29) is 23.6 Å². The van der Waals surface area contributed by atoms with Gasteiger partial charge in [-0.3, -0.25) is 9.59 Å². The van der Waals surface area contributed by atoms with Gasteiger partial charge in [-0.05, 0) is 17.7 Å². The fourth-order valence-electron chi connectivity index (χ4n) is 1.55. The largest absolute Gasteiger partial charge is 0.452 e. The summed E-state index contributed by atoms with van der Waals surface area (Å²) in [7, 11) is 1.72. The maximum Gasteiger partial charge on any atom is 0.259 e. The van der Waals surface area contributed by atoms with Gasteiger partial charge in [0.1, 0.15) is 6.54 Å². The fourth-order valence-corrected chi connectivity index (χ4v) is 1.74. The number of carbonyl (C=O) groups excluding carboxylic acids is 2. The number of hydrogen-bond donors (Lipinski definition) is 0. The normalized spacial score (nSPS) is 16.8. The van der Waals surface area contributed by atoms with Crippen molar-refractivity contribution in [3.05, 3.63) is 23.1 Å². The summed E-state index contributed by atoms with van der Waals surface area (Å²) in [6.07, 6.45) is 1.35. The van der Waals surface area contributed by atoms with Gasteiger partial charge in [-0.15, -0.1) is 0 Å². The molecule has 1 aromatic heterocycles. The summed E-state index contributed by atoms with van der Waals surface area (Å²) in [5.41, 5.74) is 0.305. The topological polar surface area (TPSA) is 53.8 Å². The highest BCUT2D eigenvalue weighted by atomic mass is 35.5. The van der Waals surface area contributed by atoms with Crippen molar-refractivity contribution >= 4 is 23.4 Å². The molecule has 0 unspecified atom stereocenters. The average molecular weight is 243 g/mol. The molecule has 0 spiro atoms. The van der Waals surface area contributed by atoms with E-state index in [0.29, 0.717) is 18.7 Å². The van der Waals surface area contributed by atoms with Crippen LogP contribution in [0.3, 0.4) is 0 Å². The number of piperazine rings is 1. The molecule has 5 nitrogen and oxygen atoms in total.